The van der Waals surface area contributed by atoms with E-state index in [1.807, 2.05) is 6.92 Å². The lowest BCUT2D eigenvalue weighted by molar-refractivity contribution is -0.138. The Morgan fingerprint density at radius 1 is 1.11 bits per heavy atom. The van der Waals surface area contributed by atoms with Crippen LogP contribution in [0.3, 0.4) is 0 Å². The maximum Gasteiger partial charge on any atom is 0.416 e. The molecule has 0 aliphatic heterocycles. The zero-order valence-corrected chi connectivity index (χ0v) is 10.3. The average molecular weight is 254 g/mol. The summed E-state index contributed by atoms with van der Waals surface area (Å²) in [5.41, 5.74) is 0.874. The van der Waals surface area contributed by atoms with Gasteiger partial charge in [0.05, 0.1) is 11.3 Å². The Balaban J connectivity index is 2.57. The van der Waals surface area contributed by atoms with Crippen molar-refractivity contribution in [1.29, 1.82) is 0 Å². The van der Waals surface area contributed by atoms with E-state index in [1.165, 1.54) is 13.0 Å². The van der Waals surface area contributed by atoms with E-state index < -0.39 is 11.7 Å². The molecule has 0 saturated heterocycles. The van der Waals surface area contributed by atoms with E-state index >= 15 is 0 Å². The molecule has 0 atom stereocenters. The van der Waals surface area contributed by atoms with Gasteiger partial charge in [0.15, 0.2) is 0 Å². The molecule has 0 radical (unpaired) electrons. The van der Waals surface area contributed by atoms with Crippen LogP contribution in [0.5, 0.6) is 0 Å². The first-order chi connectivity index (χ1) is 8.29. The maximum atomic E-state index is 12.8. The Hall–Kier alpha value is -1.78. The number of aromatic nitrogens is 2. The SMILES string of the molecule is Cc1cn(-c2ccc(C)c(C(F)(F)F)c2)c(C)n1. The fourth-order valence-corrected chi connectivity index (χ4v) is 1.94. The first-order valence-electron chi connectivity index (χ1n) is 5.50. The summed E-state index contributed by atoms with van der Waals surface area (Å²) in [6.07, 6.45) is -2.61. The molecule has 2 rings (SSSR count). The molecule has 0 saturated carbocycles. The summed E-state index contributed by atoms with van der Waals surface area (Å²) in [5.74, 6) is 0.671. The average Bonchev–Trinajstić information content (AvgIpc) is 2.57. The minimum absolute atomic E-state index is 0.223. The van der Waals surface area contributed by atoms with Crippen LogP contribution in [0.1, 0.15) is 22.6 Å². The standard InChI is InChI=1S/C13H13F3N2/c1-8-4-5-11(6-12(8)13(14,15)16)18-7-9(2)17-10(18)3/h4-7H,1-3H3. The number of imidazole rings is 1. The zero-order valence-electron chi connectivity index (χ0n) is 10.3. The predicted molar refractivity (Wildman–Crippen MR) is 62.8 cm³/mol. The zero-order chi connectivity index (χ0) is 13.5. The van der Waals surface area contributed by atoms with Gasteiger partial charge in [-0.3, -0.25) is 0 Å². The maximum absolute atomic E-state index is 12.8. The lowest BCUT2D eigenvalue weighted by Gasteiger charge is -2.13. The van der Waals surface area contributed by atoms with Gasteiger partial charge >= 0.3 is 6.18 Å². The van der Waals surface area contributed by atoms with Crippen LogP contribution in [0.4, 0.5) is 13.2 Å². The number of hydrogen-bond acceptors (Lipinski definition) is 1. The third kappa shape index (κ3) is 2.25. The third-order valence-electron chi connectivity index (χ3n) is 2.81. The second-order valence-corrected chi connectivity index (χ2v) is 4.30. The molecule has 5 heteroatoms. The minimum Gasteiger partial charge on any atom is -0.304 e. The minimum atomic E-state index is -4.33. The fraction of sp³-hybridized carbons (Fsp3) is 0.308. The Morgan fingerprint density at radius 3 is 2.28 bits per heavy atom. The molecule has 1 aromatic carbocycles. The Kier molecular flexibility index (Phi) is 2.92. The number of benzene rings is 1. The van der Waals surface area contributed by atoms with Crippen LogP contribution in [-0.4, -0.2) is 9.55 Å². The number of nitrogens with zero attached hydrogens (tertiary/aromatic N) is 2. The van der Waals surface area contributed by atoms with E-state index in [4.69, 9.17) is 0 Å². The van der Waals surface area contributed by atoms with Crippen molar-refractivity contribution in [3.05, 3.63) is 47.0 Å². The van der Waals surface area contributed by atoms with E-state index in [1.54, 1.807) is 23.8 Å². The molecular formula is C13H13F3N2. The molecule has 0 aliphatic carbocycles. The smallest absolute Gasteiger partial charge is 0.304 e. The molecule has 0 N–H and O–H groups in total. The number of halogens is 3. The second-order valence-electron chi connectivity index (χ2n) is 4.30. The number of aryl methyl sites for hydroxylation is 3. The van der Waals surface area contributed by atoms with Gasteiger partial charge in [0.1, 0.15) is 5.82 Å². The Morgan fingerprint density at radius 2 is 1.78 bits per heavy atom. The van der Waals surface area contributed by atoms with E-state index in [2.05, 4.69) is 4.98 Å². The normalized spacial score (nSPS) is 11.9. The van der Waals surface area contributed by atoms with E-state index in [0.29, 0.717) is 11.5 Å². The Labute approximate surface area is 103 Å². The summed E-state index contributed by atoms with van der Waals surface area (Å²) in [4.78, 5) is 4.18. The highest BCUT2D eigenvalue weighted by Gasteiger charge is 2.32. The molecule has 0 amide bonds. The van der Waals surface area contributed by atoms with Crippen LogP contribution in [0.2, 0.25) is 0 Å². The highest BCUT2D eigenvalue weighted by Crippen LogP contribution is 2.33. The van der Waals surface area contributed by atoms with E-state index in [9.17, 15) is 13.2 Å². The molecule has 1 aromatic heterocycles. The van der Waals surface area contributed by atoms with Gasteiger partial charge in [0.2, 0.25) is 0 Å². The molecule has 1 heterocycles. The van der Waals surface area contributed by atoms with Crippen molar-refractivity contribution < 1.29 is 13.2 Å². The van der Waals surface area contributed by atoms with Crippen molar-refractivity contribution in [1.82, 2.24) is 9.55 Å². The number of rotatable bonds is 1. The van der Waals surface area contributed by atoms with Crippen molar-refractivity contribution in [3.63, 3.8) is 0 Å². The predicted octanol–water partition coefficient (Wildman–Crippen LogP) is 3.82. The molecule has 0 aliphatic rings. The highest BCUT2D eigenvalue weighted by atomic mass is 19.4. The lowest BCUT2D eigenvalue weighted by atomic mass is 10.1. The monoisotopic (exact) mass is 254 g/mol. The van der Waals surface area contributed by atoms with E-state index in [0.717, 1.165) is 11.8 Å². The van der Waals surface area contributed by atoms with Crippen LogP contribution >= 0.6 is 0 Å². The summed E-state index contributed by atoms with van der Waals surface area (Å²) in [5, 5.41) is 0. The van der Waals surface area contributed by atoms with Crippen LogP contribution in [0.15, 0.2) is 24.4 Å². The quantitative estimate of drug-likeness (QED) is 0.756. The van der Waals surface area contributed by atoms with Crippen LogP contribution in [0, 0.1) is 20.8 Å². The molecule has 0 unspecified atom stereocenters. The van der Waals surface area contributed by atoms with Gasteiger partial charge in [-0.2, -0.15) is 13.2 Å². The molecule has 0 fully saturated rings. The molecule has 96 valence electrons. The molecule has 2 aromatic rings. The summed E-state index contributed by atoms with van der Waals surface area (Å²) < 4.78 is 40.1. The van der Waals surface area contributed by atoms with Crippen LogP contribution in [0.25, 0.3) is 5.69 Å². The number of alkyl halides is 3. The molecular weight excluding hydrogens is 241 g/mol. The Bertz CT molecular complexity index is 582. The summed E-state index contributed by atoms with van der Waals surface area (Å²) in [6, 6.07) is 4.30. The van der Waals surface area contributed by atoms with Gasteiger partial charge in [0, 0.05) is 11.9 Å². The summed E-state index contributed by atoms with van der Waals surface area (Å²) >= 11 is 0. The van der Waals surface area contributed by atoms with Gasteiger partial charge in [-0.25, -0.2) is 4.98 Å². The van der Waals surface area contributed by atoms with Gasteiger partial charge in [-0.1, -0.05) is 6.07 Å². The molecule has 2 nitrogen and oxygen atoms in total. The first kappa shape index (κ1) is 12.7. The topological polar surface area (TPSA) is 17.8 Å². The molecule has 0 spiro atoms. The van der Waals surface area contributed by atoms with Gasteiger partial charge in [-0.15, -0.1) is 0 Å². The molecule has 18 heavy (non-hydrogen) atoms. The number of hydrogen-bond donors (Lipinski definition) is 0. The summed E-state index contributed by atoms with van der Waals surface area (Å²) in [6.45, 7) is 5.03. The van der Waals surface area contributed by atoms with Gasteiger partial charge < -0.3 is 4.57 Å². The van der Waals surface area contributed by atoms with Gasteiger partial charge in [-0.05, 0) is 38.5 Å². The van der Waals surface area contributed by atoms with Crippen molar-refractivity contribution in [3.8, 4) is 5.69 Å². The third-order valence-corrected chi connectivity index (χ3v) is 2.81. The van der Waals surface area contributed by atoms with Crippen molar-refractivity contribution in [2.75, 3.05) is 0 Å². The van der Waals surface area contributed by atoms with E-state index in [-0.39, 0.29) is 5.56 Å². The largest absolute Gasteiger partial charge is 0.416 e. The first-order valence-corrected chi connectivity index (χ1v) is 5.50. The molecule has 0 bridgehead atoms. The van der Waals surface area contributed by atoms with Gasteiger partial charge in [0.25, 0.3) is 0 Å². The van der Waals surface area contributed by atoms with Crippen LogP contribution < -0.4 is 0 Å². The second kappa shape index (κ2) is 4.15. The van der Waals surface area contributed by atoms with Crippen LogP contribution in [-0.2, 0) is 6.18 Å². The van der Waals surface area contributed by atoms with Crippen molar-refractivity contribution in [2.45, 2.75) is 26.9 Å². The van der Waals surface area contributed by atoms with Crippen molar-refractivity contribution in [2.24, 2.45) is 0 Å². The lowest BCUT2D eigenvalue weighted by Crippen LogP contribution is -2.09. The summed E-state index contributed by atoms with van der Waals surface area (Å²) in [7, 11) is 0. The fourth-order valence-electron chi connectivity index (χ4n) is 1.94. The highest BCUT2D eigenvalue weighted by molar-refractivity contribution is 5.42. The van der Waals surface area contributed by atoms with Crippen molar-refractivity contribution >= 4 is 0 Å².